The molecule has 1 fully saturated rings. The van der Waals surface area contributed by atoms with Gasteiger partial charge in [0.2, 0.25) is 0 Å². The molecule has 5 N–H and O–H groups in total. The SMILES string of the molecule is Cl.Cl.N=C(N)c1ccc2sc(CC(C(=O)O)c3ccc(O[C@H]4CCNC4)cc3)cc2c1. The minimum Gasteiger partial charge on any atom is -0.489 e. The summed E-state index contributed by atoms with van der Waals surface area (Å²) in [5.74, 6) is -0.679. The molecule has 6 nitrogen and oxygen atoms in total. The Labute approximate surface area is 197 Å². The van der Waals surface area contributed by atoms with Gasteiger partial charge >= 0.3 is 5.97 Å². The monoisotopic (exact) mass is 481 g/mol. The third-order valence-electron chi connectivity index (χ3n) is 5.18. The number of rotatable bonds is 7. The molecule has 2 heterocycles. The normalized spacial score (nSPS) is 16.2. The Morgan fingerprint density at radius 3 is 2.58 bits per heavy atom. The van der Waals surface area contributed by atoms with Gasteiger partial charge in [0.1, 0.15) is 17.7 Å². The average Bonchev–Trinajstić information content (AvgIpc) is 3.35. The lowest BCUT2D eigenvalue weighted by Crippen LogP contribution is -2.19. The zero-order valence-electron chi connectivity index (χ0n) is 16.7. The van der Waals surface area contributed by atoms with Crippen LogP contribution in [0, 0.1) is 5.41 Å². The highest BCUT2D eigenvalue weighted by molar-refractivity contribution is 7.19. The van der Waals surface area contributed by atoms with E-state index in [-0.39, 0.29) is 36.8 Å². The van der Waals surface area contributed by atoms with Crippen molar-refractivity contribution in [1.82, 2.24) is 5.32 Å². The summed E-state index contributed by atoms with van der Waals surface area (Å²) >= 11 is 1.58. The number of ether oxygens (including phenoxy) is 1. The van der Waals surface area contributed by atoms with E-state index in [1.54, 1.807) is 11.3 Å². The minimum absolute atomic E-state index is 0. The van der Waals surface area contributed by atoms with Crippen LogP contribution in [0.2, 0.25) is 0 Å². The molecule has 0 bridgehead atoms. The average molecular weight is 482 g/mol. The van der Waals surface area contributed by atoms with Gasteiger partial charge in [-0.15, -0.1) is 36.2 Å². The molecule has 31 heavy (non-hydrogen) atoms. The lowest BCUT2D eigenvalue weighted by molar-refractivity contribution is -0.138. The molecule has 2 atom stereocenters. The molecule has 0 aliphatic carbocycles. The number of carboxylic acids is 1. The van der Waals surface area contributed by atoms with Crippen LogP contribution in [0.25, 0.3) is 10.1 Å². The number of carboxylic acid groups (broad SMARTS) is 1. The smallest absolute Gasteiger partial charge is 0.311 e. The quantitative estimate of drug-likeness (QED) is 0.299. The van der Waals surface area contributed by atoms with Gasteiger partial charge in [0.25, 0.3) is 0 Å². The number of carbonyl (C=O) groups is 1. The molecular weight excluding hydrogens is 457 g/mol. The van der Waals surface area contributed by atoms with Gasteiger partial charge in [0, 0.05) is 21.7 Å². The zero-order valence-corrected chi connectivity index (χ0v) is 19.1. The molecule has 0 amide bonds. The van der Waals surface area contributed by atoms with Gasteiger partial charge in [0.05, 0.1) is 5.92 Å². The molecule has 9 heteroatoms. The molecule has 3 aromatic rings. The van der Waals surface area contributed by atoms with Crippen molar-refractivity contribution in [2.45, 2.75) is 24.9 Å². The fourth-order valence-electron chi connectivity index (χ4n) is 3.62. The highest BCUT2D eigenvalue weighted by atomic mass is 35.5. The summed E-state index contributed by atoms with van der Waals surface area (Å²) < 4.78 is 6.98. The molecule has 1 unspecified atom stereocenters. The Kier molecular flexibility index (Phi) is 8.70. The number of amidine groups is 1. The van der Waals surface area contributed by atoms with E-state index in [2.05, 4.69) is 5.32 Å². The van der Waals surface area contributed by atoms with Crippen molar-refractivity contribution in [1.29, 1.82) is 5.41 Å². The molecule has 1 aliphatic heterocycles. The summed E-state index contributed by atoms with van der Waals surface area (Å²) in [6.45, 7) is 1.81. The summed E-state index contributed by atoms with van der Waals surface area (Å²) in [6.07, 6.45) is 1.57. The van der Waals surface area contributed by atoms with Gasteiger partial charge < -0.3 is 20.9 Å². The molecule has 1 aliphatic rings. The van der Waals surface area contributed by atoms with Crippen molar-refractivity contribution in [2.24, 2.45) is 5.73 Å². The highest BCUT2D eigenvalue weighted by Crippen LogP contribution is 2.31. The molecule has 1 aromatic heterocycles. The predicted octanol–water partition coefficient (Wildman–Crippen LogP) is 4.18. The van der Waals surface area contributed by atoms with Crippen molar-refractivity contribution in [2.75, 3.05) is 13.1 Å². The molecule has 4 rings (SSSR count). The van der Waals surface area contributed by atoms with Crippen LogP contribution in [0.5, 0.6) is 5.75 Å². The predicted molar refractivity (Wildman–Crippen MR) is 130 cm³/mol. The number of halogens is 2. The van der Waals surface area contributed by atoms with Crippen LogP contribution in [0.4, 0.5) is 0 Å². The molecule has 0 radical (unpaired) electrons. The maximum Gasteiger partial charge on any atom is 0.311 e. The fraction of sp³-hybridized carbons (Fsp3) is 0.273. The third-order valence-corrected chi connectivity index (χ3v) is 6.32. The first-order valence-corrected chi connectivity index (χ1v) is 10.4. The Morgan fingerprint density at radius 1 is 1.23 bits per heavy atom. The van der Waals surface area contributed by atoms with E-state index in [9.17, 15) is 9.90 Å². The van der Waals surface area contributed by atoms with Crippen LogP contribution >= 0.6 is 36.2 Å². The lowest BCUT2D eigenvalue weighted by atomic mass is 9.95. The summed E-state index contributed by atoms with van der Waals surface area (Å²) in [5, 5.41) is 21.6. The number of aliphatic carboxylic acids is 1. The van der Waals surface area contributed by atoms with E-state index in [4.69, 9.17) is 15.9 Å². The largest absolute Gasteiger partial charge is 0.489 e. The molecule has 166 valence electrons. The van der Waals surface area contributed by atoms with Crippen molar-refractivity contribution < 1.29 is 14.6 Å². The van der Waals surface area contributed by atoms with Gasteiger partial charge in [0.15, 0.2) is 0 Å². The van der Waals surface area contributed by atoms with E-state index in [1.807, 2.05) is 48.5 Å². The third kappa shape index (κ3) is 5.89. The van der Waals surface area contributed by atoms with Crippen LogP contribution in [0.1, 0.15) is 28.3 Å². The van der Waals surface area contributed by atoms with Gasteiger partial charge in [-0.3, -0.25) is 10.2 Å². The van der Waals surface area contributed by atoms with E-state index in [0.717, 1.165) is 45.8 Å². The maximum absolute atomic E-state index is 11.9. The topological polar surface area (TPSA) is 108 Å². The first-order chi connectivity index (χ1) is 14.0. The first kappa shape index (κ1) is 24.9. The van der Waals surface area contributed by atoms with Crippen molar-refractivity contribution in [3.8, 4) is 5.75 Å². The number of nitrogens with one attached hydrogen (secondary N) is 2. The number of nitrogen functional groups attached to an aromatic ring is 1. The van der Waals surface area contributed by atoms with Crippen molar-refractivity contribution >= 4 is 58.0 Å². The summed E-state index contributed by atoms with van der Waals surface area (Å²) in [4.78, 5) is 12.9. The standard InChI is InChI=1S/C22H23N3O3S.2ClH/c23-21(24)14-3-6-20-15(9-14)10-18(29-20)11-19(22(26)27)13-1-4-16(5-2-13)28-17-7-8-25-12-17;;/h1-6,9-10,17,19,25H,7-8,11-12H2,(H3,23,24)(H,26,27);2*1H/t17-,19?;;/m0../s1. The van der Waals surface area contributed by atoms with Crippen molar-refractivity contribution in [3.05, 3.63) is 64.5 Å². The Hall–Kier alpha value is -2.32. The fourth-order valence-corrected chi connectivity index (χ4v) is 4.71. The van der Waals surface area contributed by atoms with Crippen LogP contribution in [0.3, 0.4) is 0 Å². The number of thiophene rings is 1. The van der Waals surface area contributed by atoms with Gasteiger partial charge in [-0.25, -0.2) is 0 Å². The van der Waals surface area contributed by atoms with Gasteiger partial charge in [-0.1, -0.05) is 12.1 Å². The number of nitrogens with two attached hydrogens (primary N) is 1. The van der Waals surface area contributed by atoms with Crippen LogP contribution in [-0.2, 0) is 11.2 Å². The summed E-state index contributed by atoms with van der Waals surface area (Å²) in [7, 11) is 0. The van der Waals surface area contributed by atoms with E-state index < -0.39 is 11.9 Å². The summed E-state index contributed by atoms with van der Waals surface area (Å²) in [6, 6.07) is 15.0. The molecule has 1 saturated heterocycles. The van der Waals surface area contributed by atoms with Crippen LogP contribution in [-0.4, -0.2) is 36.1 Å². The Balaban J connectivity index is 0.00000171. The lowest BCUT2D eigenvalue weighted by Gasteiger charge is -2.15. The second-order valence-electron chi connectivity index (χ2n) is 7.28. The Bertz CT molecular complexity index is 1050. The zero-order chi connectivity index (χ0) is 20.4. The number of hydrogen-bond acceptors (Lipinski definition) is 5. The first-order valence-electron chi connectivity index (χ1n) is 9.56. The van der Waals surface area contributed by atoms with Gasteiger partial charge in [-0.05, 0) is 66.7 Å². The second kappa shape index (κ2) is 10.8. The highest BCUT2D eigenvalue weighted by Gasteiger charge is 2.22. The Morgan fingerprint density at radius 2 is 1.97 bits per heavy atom. The van der Waals surface area contributed by atoms with E-state index in [0.29, 0.717) is 12.0 Å². The second-order valence-corrected chi connectivity index (χ2v) is 8.44. The summed E-state index contributed by atoms with van der Waals surface area (Å²) in [5.41, 5.74) is 7.00. The number of hydrogen-bond donors (Lipinski definition) is 4. The minimum atomic E-state index is -0.847. The van der Waals surface area contributed by atoms with Crippen LogP contribution in [0.15, 0.2) is 48.5 Å². The van der Waals surface area contributed by atoms with Gasteiger partial charge in [-0.2, -0.15) is 0 Å². The maximum atomic E-state index is 11.9. The number of fused-ring (bicyclic) bond motifs is 1. The molecule has 0 saturated carbocycles. The molecule has 0 spiro atoms. The van der Waals surface area contributed by atoms with E-state index in [1.165, 1.54) is 0 Å². The molecular formula is C22H25Cl2N3O3S. The molecule has 2 aromatic carbocycles. The number of benzene rings is 2. The van der Waals surface area contributed by atoms with Crippen molar-refractivity contribution in [3.63, 3.8) is 0 Å². The van der Waals surface area contributed by atoms with E-state index >= 15 is 0 Å². The van der Waals surface area contributed by atoms with Crippen LogP contribution < -0.4 is 15.8 Å².